The molecular formula is C12H19N3O2. The predicted molar refractivity (Wildman–Crippen MR) is 65.5 cm³/mol. The lowest BCUT2D eigenvalue weighted by molar-refractivity contribution is 0.300. The van der Waals surface area contributed by atoms with Crippen molar-refractivity contribution in [3.8, 4) is 5.88 Å². The molecule has 1 heterocycles. The maximum atomic E-state index is 11.4. The van der Waals surface area contributed by atoms with Crippen LogP contribution in [-0.2, 0) is 0 Å². The Hall–Kier alpha value is -1.36. The van der Waals surface area contributed by atoms with Crippen molar-refractivity contribution in [1.29, 1.82) is 0 Å². The van der Waals surface area contributed by atoms with E-state index in [1.165, 1.54) is 6.07 Å². The zero-order valence-electron chi connectivity index (χ0n) is 10.2. The molecule has 0 bridgehead atoms. The van der Waals surface area contributed by atoms with Crippen LogP contribution in [-0.4, -0.2) is 29.7 Å². The summed E-state index contributed by atoms with van der Waals surface area (Å²) in [7, 11) is 0. The molecule has 0 unspecified atom stereocenters. The lowest BCUT2D eigenvalue weighted by atomic mass is 10.4. The van der Waals surface area contributed by atoms with E-state index < -0.39 is 0 Å². The molecule has 17 heavy (non-hydrogen) atoms. The van der Waals surface area contributed by atoms with E-state index in [0.717, 1.165) is 38.2 Å². The highest BCUT2D eigenvalue weighted by molar-refractivity contribution is 5.14. The summed E-state index contributed by atoms with van der Waals surface area (Å²) < 4.78 is 5.46. The number of H-pyrrole nitrogens is 1. The molecule has 5 nitrogen and oxygen atoms in total. The molecule has 1 aliphatic rings. The van der Waals surface area contributed by atoms with Gasteiger partial charge in [0, 0.05) is 12.5 Å². The Morgan fingerprint density at radius 1 is 1.53 bits per heavy atom. The second kappa shape index (κ2) is 5.82. The van der Waals surface area contributed by atoms with Crippen molar-refractivity contribution in [3.05, 3.63) is 22.2 Å². The largest absolute Gasteiger partial charge is 0.476 e. The Labute approximate surface area is 101 Å². The maximum Gasteiger partial charge on any atom is 0.254 e. The number of aromatic nitrogens is 2. The summed E-state index contributed by atoms with van der Waals surface area (Å²) in [5.41, 5.74) is -0.126. The minimum Gasteiger partial charge on any atom is -0.476 e. The van der Waals surface area contributed by atoms with Crippen molar-refractivity contribution in [1.82, 2.24) is 15.3 Å². The van der Waals surface area contributed by atoms with Crippen molar-refractivity contribution < 1.29 is 4.74 Å². The molecule has 0 amide bonds. The second-order valence-corrected chi connectivity index (χ2v) is 4.34. The maximum absolute atomic E-state index is 11.4. The van der Waals surface area contributed by atoms with Gasteiger partial charge in [-0.2, -0.15) is 4.98 Å². The lowest BCUT2D eigenvalue weighted by Crippen LogP contribution is -2.22. The Balaban J connectivity index is 1.85. The summed E-state index contributed by atoms with van der Waals surface area (Å²) >= 11 is 0. The van der Waals surface area contributed by atoms with Crippen molar-refractivity contribution in [3.63, 3.8) is 0 Å². The van der Waals surface area contributed by atoms with Gasteiger partial charge in [-0.25, -0.2) is 0 Å². The molecule has 2 rings (SSSR count). The molecule has 1 fully saturated rings. The summed E-state index contributed by atoms with van der Waals surface area (Å²) in [6.07, 6.45) is 3.34. The third kappa shape index (κ3) is 3.85. The number of aromatic amines is 1. The molecule has 2 N–H and O–H groups in total. The number of rotatable bonds is 7. The van der Waals surface area contributed by atoms with Crippen LogP contribution in [0, 0.1) is 0 Å². The number of nitrogens with zero attached hydrogens (tertiary/aromatic N) is 1. The highest BCUT2D eigenvalue weighted by atomic mass is 16.5. The smallest absolute Gasteiger partial charge is 0.254 e. The summed E-state index contributed by atoms with van der Waals surface area (Å²) in [5.74, 6) is 1.65. The van der Waals surface area contributed by atoms with Gasteiger partial charge >= 0.3 is 0 Å². The topological polar surface area (TPSA) is 67.0 Å². The molecule has 1 saturated carbocycles. The molecule has 0 radical (unpaired) electrons. The van der Waals surface area contributed by atoms with E-state index in [9.17, 15) is 4.79 Å². The molecular weight excluding hydrogens is 218 g/mol. The van der Waals surface area contributed by atoms with Gasteiger partial charge in [0.05, 0.1) is 6.07 Å². The molecule has 0 atom stereocenters. The van der Waals surface area contributed by atoms with Gasteiger partial charge in [-0.3, -0.25) is 4.79 Å². The van der Waals surface area contributed by atoms with Gasteiger partial charge in [-0.1, -0.05) is 6.92 Å². The van der Waals surface area contributed by atoms with Gasteiger partial charge in [0.25, 0.3) is 5.56 Å². The van der Waals surface area contributed by atoms with Crippen LogP contribution < -0.4 is 15.6 Å². The monoisotopic (exact) mass is 237 g/mol. The summed E-state index contributed by atoms with van der Waals surface area (Å²) in [4.78, 5) is 18.5. The molecule has 94 valence electrons. The van der Waals surface area contributed by atoms with E-state index >= 15 is 0 Å². The van der Waals surface area contributed by atoms with Crippen molar-refractivity contribution in [2.75, 3.05) is 19.7 Å². The predicted octanol–water partition coefficient (Wildman–Crippen LogP) is 1.03. The van der Waals surface area contributed by atoms with Gasteiger partial charge in [0.2, 0.25) is 5.88 Å². The standard InChI is InChI=1S/C12H19N3O2/c1-2-5-13-6-7-17-11-8-10(16)14-12(15-11)9-3-4-9/h8-9,13H,2-7H2,1H3,(H,14,15,16). The normalized spacial score (nSPS) is 14.9. The van der Waals surface area contributed by atoms with Gasteiger partial charge in [-0.05, 0) is 25.8 Å². The van der Waals surface area contributed by atoms with Crippen LogP contribution in [0.1, 0.15) is 37.9 Å². The van der Waals surface area contributed by atoms with Crippen LogP contribution in [0.3, 0.4) is 0 Å². The number of ether oxygens (including phenoxy) is 1. The van der Waals surface area contributed by atoms with E-state index in [1.54, 1.807) is 0 Å². The Morgan fingerprint density at radius 2 is 2.35 bits per heavy atom. The van der Waals surface area contributed by atoms with Crippen LogP contribution in [0.2, 0.25) is 0 Å². The minimum atomic E-state index is -0.126. The molecule has 0 aromatic carbocycles. The SMILES string of the molecule is CCCNCCOc1cc(=O)[nH]c(C2CC2)n1. The van der Waals surface area contributed by atoms with Crippen LogP contribution in [0.4, 0.5) is 0 Å². The fourth-order valence-corrected chi connectivity index (χ4v) is 1.61. The van der Waals surface area contributed by atoms with E-state index in [4.69, 9.17) is 4.74 Å². The zero-order chi connectivity index (χ0) is 12.1. The average molecular weight is 237 g/mol. The van der Waals surface area contributed by atoms with E-state index in [2.05, 4.69) is 22.2 Å². The van der Waals surface area contributed by atoms with Gasteiger partial charge in [-0.15, -0.1) is 0 Å². The van der Waals surface area contributed by atoms with Crippen LogP contribution in [0.25, 0.3) is 0 Å². The molecule has 1 aromatic rings. The highest BCUT2D eigenvalue weighted by Crippen LogP contribution is 2.37. The van der Waals surface area contributed by atoms with E-state index in [-0.39, 0.29) is 5.56 Å². The number of nitrogens with one attached hydrogen (secondary N) is 2. The molecule has 0 aliphatic heterocycles. The Bertz CT molecular complexity index is 412. The van der Waals surface area contributed by atoms with Crippen LogP contribution in [0.15, 0.2) is 10.9 Å². The molecule has 1 aliphatic carbocycles. The van der Waals surface area contributed by atoms with Crippen molar-refractivity contribution >= 4 is 0 Å². The third-order valence-electron chi connectivity index (χ3n) is 2.66. The average Bonchev–Trinajstić information content (AvgIpc) is 3.12. The molecule has 0 spiro atoms. The van der Waals surface area contributed by atoms with Crippen LogP contribution >= 0.6 is 0 Å². The van der Waals surface area contributed by atoms with Gasteiger partial charge in [0.15, 0.2) is 0 Å². The second-order valence-electron chi connectivity index (χ2n) is 4.34. The molecule has 0 saturated heterocycles. The first-order valence-electron chi connectivity index (χ1n) is 6.24. The fourth-order valence-electron chi connectivity index (χ4n) is 1.61. The fraction of sp³-hybridized carbons (Fsp3) is 0.667. The molecule has 1 aromatic heterocycles. The van der Waals surface area contributed by atoms with Crippen molar-refractivity contribution in [2.24, 2.45) is 0 Å². The van der Waals surface area contributed by atoms with E-state index in [1.807, 2.05) is 0 Å². The Morgan fingerprint density at radius 3 is 3.06 bits per heavy atom. The highest BCUT2D eigenvalue weighted by Gasteiger charge is 2.26. The zero-order valence-corrected chi connectivity index (χ0v) is 10.2. The Kier molecular flexibility index (Phi) is 4.14. The van der Waals surface area contributed by atoms with Crippen molar-refractivity contribution in [2.45, 2.75) is 32.1 Å². The summed E-state index contributed by atoms with van der Waals surface area (Å²) in [6.45, 7) is 4.43. The molecule has 5 heteroatoms. The van der Waals surface area contributed by atoms with Gasteiger partial charge < -0.3 is 15.0 Å². The third-order valence-corrected chi connectivity index (χ3v) is 2.66. The first-order chi connectivity index (χ1) is 8.29. The first-order valence-corrected chi connectivity index (χ1v) is 6.24. The minimum absolute atomic E-state index is 0.126. The first kappa shape index (κ1) is 12.1. The quantitative estimate of drug-likeness (QED) is 0.695. The lowest BCUT2D eigenvalue weighted by Gasteiger charge is -2.06. The number of hydrogen-bond donors (Lipinski definition) is 2. The number of hydrogen-bond acceptors (Lipinski definition) is 4. The van der Waals surface area contributed by atoms with E-state index in [0.29, 0.717) is 18.4 Å². The summed E-state index contributed by atoms with van der Waals surface area (Å²) in [5, 5.41) is 3.23. The van der Waals surface area contributed by atoms with Crippen LogP contribution in [0.5, 0.6) is 5.88 Å². The summed E-state index contributed by atoms with van der Waals surface area (Å²) in [6, 6.07) is 1.41. The van der Waals surface area contributed by atoms with Gasteiger partial charge in [0.1, 0.15) is 12.4 Å².